The molecule has 0 saturated carbocycles. The molecule has 1 aromatic carbocycles. The second kappa shape index (κ2) is 6.04. The lowest BCUT2D eigenvalue weighted by Crippen LogP contribution is -2.48. The molecule has 2 atom stereocenters. The van der Waals surface area contributed by atoms with Crippen LogP contribution in [0.3, 0.4) is 0 Å². The van der Waals surface area contributed by atoms with Crippen LogP contribution >= 0.6 is 0 Å². The Hall–Kier alpha value is -1.95. The van der Waals surface area contributed by atoms with Crippen molar-refractivity contribution in [3.8, 4) is 0 Å². The first-order chi connectivity index (χ1) is 10.5. The van der Waals surface area contributed by atoms with E-state index in [4.69, 9.17) is 0 Å². The lowest BCUT2D eigenvalue weighted by Gasteiger charge is -2.36. The molecule has 0 spiro atoms. The lowest BCUT2D eigenvalue weighted by atomic mass is 9.92. The van der Waals surface area contributed by atoms with E-state index in [1.54, 1.807) is 12.1 Å². The minimum atomic E-state index is -0.421. The molecule has 1 amide bonds. The zero-order valence-corrected chi connectivity index (χ0v) is 12.8. The smallest absolute Gasteiger partial charge is 0.269 e. The number of likely N-dealkylation sites (N-methyl/N-ethyl adjacent to an activating group) is 1. The Labute approximate surface area is 129 Å². The zero-order valence-electron chi connectivity index (χ0n) is 12.8. The summed E-state index contributed by atoms with van der Waals surface area (Å²) in [6.07, 6.45) is 2.48. The van der Waals surface area contributed by atoms with Crippen LogP contribution < -0.4 is 0 Å². The van der Waals surface area contributed by atoms with E-state index in [1.807, 2.05) is 4.90 Å². The Morgan fingerprint density at radius 3 is 2.91 bits per heavy atom. The van der Waals surface area contributed by atoms with Gasteiger partial charge in [-0.25, -0.2) is 0 Å². The van der Waals surface area contributed by atoms with Crippen molar-refractivity contribution in [2.45, 2.75) is 25.3 Å². The van der Waals surface area contributed by atoms with E-state index in [0.717, 1.165) is 32.5 Å². The van der Waals surface area contributed by atoms with Crippen LogP contribution in [0, 0.1) is 16.0 Å². The van der Waals surface area contributed by atoms with Crippen LogP contribution in [0.25, 0.3) is 0 Å². The third-order valence-electron chi connectivity index (χ3n) is 4.86. The van der Waals surface area contributed by atoms with E-state index in [2.05, 4.69) is 11.9 Å². The fourth-order valence-corrected chi connectivity index (χ4v) is 3.66. The maximum Gasteiger partial charge on any atom is 0.269 e. The molecule has 1 aromatic rings. The highest BCUT2D eigenvalue weighted by atomic mass is 16.6. The van der Waals surface area contributed by atoms with Crippen molar-refractivity contribution in [3.63, 3.8) is 0 Å². The summed E-state index contributed by atoms with van der Waals surface area (Å²) in [6.45, 7) is 2.86. The number of piperidine rings is 1. The molecule has 0 aliphatic carbocycles. The topological polar surface area (TPSA) is 66.7 Å². The van der Waals surface area contributed by atoms with Gasteiger partial charge < -0.3 is 9.80 Å². The first-order valence-electron chi connectivity index (χ1n) is 7.76. The van der Waals surface area contributed by atoms with E-state index in [1.165, 1.54) is 12.1 Å². The summed E-state index contributed by atoms with van der Waals surface area (Å²) in [5, 5.41) is 10.8. The van der Waals surface area contributed by atoms with Gasteiger partial charge in [0.15, 0.2) is 0 Å². The van der Waals surface area contributed by atoms with E-state index in [-0.39, 0.29) is 18.0 Å². The predicted molar refractivity (Wildman–Crippen MR) is 82.5 cm³/mol. The third kappa shape index (κ3) is 2.97. The average molecular weight is 303 g/mol. The predicted octanol–water partition coefficient (Wildman–Crippen LogP) is 1.69. The monoisotopic (exact) mass is 303 g/mol. The Kier molecular flexibility index (Phi) is 4.11. The number of carbonyl (C=O) groups is 1. The molecule has 2 aliphatic heterocycles. The van der Waals surface area contributed by atoms with Crippen molar-refractivity contribution in [2.24, 2.45) is 5.92 Å². The number of amides is 1. The van der Waals surface area contributed by atoms with Gasteiger partial charge in [-0.05, 0) is 37.9 Å². The van der Waals surface area contributed by atoms with Gasteiger partial charge in [0.05, 0.1) is 11.3 Å². The Bertz CT molecular complexity index is 590. The molecular formula is C16H21N3O3. The number of rotatable bonds is 3. The number of nitro benzene ring substituents is 1. The minimum absolute atomic E-state index is 0.0435. The minimum Gasteiger partial charge on any atom is -0.338 e. The molecule has 2 heterocycles. The largest absolute Gasteiger partial charge is 0.338 e. The van der Waals surface area contributed by atoms with E-state index < -0.39 is 4.92 Å². The molecule has 22 heavy (non-hydrogen) atoms. The van der Waals surface area contributed by atoms with Crippen LogP contribution in [0.4, 0.5) is 5.69 Å². The highest BCUT2D eigenvalue weighted by Gasteiger charge is 2.39. The number of nitro groups is 1. The Morgan fingerprint density at radius 2 is 2.14 bits per heavy atom. The van der Waals surface area contributed by atoms with Gasteiger partial charge in [0.1, 0.15) is 0 Å². The van der Waals surface area contributed by atoms with Gasteiger partial charge in [0, 0.05) is 31.3 Å². The summed E-state index contributed by atoms with van der Waals surface area (Å²) in [5.74, 6) is 0.702. The number of non-ortho nitro benzene ring substituents is 1. The maximum absolute atomic E-state index is 12.6. The lowest BCUT2D eigenvalue weighted by molar-refractivity contribution is -0.384. The highest BCUT2D eigenvalue weighted by molar-refractivity contribution is 5.79. The standard InChI is InChI=1S/C16H21N3O3/c1-17-7-5-13-6-8-18(15(13)11-17)16(20)10-12-3-2-4-14(9-12)19(21)22/h2-4,9,13,15H,5-8,10-11H2,1H3/t13-,15+/m0/s1. The van der Waals surface area contributed by atoms with Crippen molar-refractivity contribution in [1.82, 2.24) is 9.80 Å². The van der Waals surface area contributed by atoms with Gasteiger partial charge in [0.2, 0.25) is 5.91 Å². The highest BCUT2D eigenvalue weighted by Crippen LogP contribution is 2.31. The van der Waals surface area contributed by atoms with Crippen LogP contribution in [0.1, 0.15) is 18.4 Å². The molecule has 0 aromatic heterocycles. The van der Waals surface area contributed by atoms with Crippen molar-refractivity contribution in [3.05, 3.63) is 39.9 Å². The molecule has 0 N–H and O–H groups in total. The summed E-state index contributed by atoms with van der Waals surface area (Å²) >= 11 is 0. The van der Waals surface area contributed by atoms with Crippen LogP contribution in [0.5, 0.6) is 0 Å². The van der Waals surface area contributed by atoms with Crippen LogP contribution in [0.2, 0.25) is 0 Å². The number of likely N-dealkylation sites (tertiary alicyclic amines) is 2. The van der Waals surface area contributed by atoms with Gasteiger partial charge >= 0.3 is 0 Å². The van der Waals surface area contributed by atoms with Crippen molar-refractivity contribution >= 4 is 11.6 Å². The van der Waals surface area contributed by atoms with Crippen LogP contribution in [-0.2, 0) is 11.2 Å². The first kappa shape index (κ1) is 15.0. The molecular weight excluding hydrogens is 282 g/mol. The second-order valence-corrected chi connectivity index (χ2v) is 6.36. The van der Waals surface area contributed by atoms with E-state index >= 15 is 0 Å². The number of hydrogen-bond donors (Lipinski definition) is 0. The summed E-state index contributed by atoms with van der Waals surface area (Å²) in [5.41, 5.74) is 0.758. The molecule has 0 radical (unpaired) electrons. The van der Waals surface area contributed by atoms with Gasteiger partial charge in [-0.15, -0.1) is 0 Å². The van der Waals surface area contributed by atoms with Crippen LogP contribution in [0.15, 0.2) is 24.3 Å². The SMILES string of the molecule is CN1CC[C@H]2CCN(C(=O)Cc3cccc([N+](=O)[O-])c3)[C@@H]2C1. The summed E-state index contributed by atoms with van der Waals surface area (Å²) in [6, 6.07) is 6.69. The van der Waals surface area contributed by atoms with Gasteiger partial charge in [-0.2, -0.15) is 0 Å². The summed E-state index contributed by atoms with van der Waals surface area (Å²) < 4.78 is 0. The third-order valence-corrected chi connectivity index (χ3v) is 4.86. The van der Waals surface area contributed by atoms with E-state index in [0.29, 0.717) is 17.5 Å². The van der Waals surface area contributed by atoms with Crippen molar-refractivity contribution in [2.75, 3.05) is 26.7 Å². The zero-order chi connectivity index (χ0) is 15.7. The number of carbonyl (C=O) groups excluding carboxylic acids is 1. The Balaban J connectivity index is 1.69. The van der Waals surface area contributed by atoms with Crippen LogP contribution in [-0.4, -0.2) is 53.4 Å². The molecule has 6 heteroatoms. The van der Waals surface area contributed by atoms with Gasteiger partial charge in [-0.3, -0.25) is 14.9 Å². The van der Waals surface area contributed by atoms with Crippen molar-refractivity contribution in [1.29, 1.82) is 0 Å². The fraction of sp³-hybridized carbons (Fsp3) is 0.562. The first-order valence-corrected chi connectivity index (χ1v) is 7.76. The molecule has 0 bridgehead atoms. The maximum atomic E-state index is 12.6. The molecule has 118 valence electrons. The summed E-state index contributed by atoms with van der Waals surface area (Å²) in [4.78, 5) is 27.3. The van der Waals surface area contributed by atoms with Gasteiger partial charge in [0.25, 0.3) is 5.69 Å². The number of benzene rings is 1. The van der Waals surface area contributed by atoms with Crippen molar-refractivity contribution < 1.29 is 9.72 Å². The molecule has 2 aliphatic rings. The molecule has 2 fully saturated rings. The molecule has 0 unspecified atom stereocenters. The Morgan fingerprint density at radius 1 is 1.36 bits per heavy atom. The van der Waals surface area contributed by atoms with Gasteiger partial charge in [-0.1, -0.05) is 12.1 Å². The van der Waals surface area contributed by atoms with E-state index in [9.17, 15) is 14.9 Å². The summed E-state index contributed by atoms with van der Waals surface area (Å²) in [7, 11) is 2.09. The number of hydrogen-bond acceptors (Lipinski definition) is 4. The molecule has 6 nitrogen and oxygen atoms in total. The number of fused-ring (bicyclic) bond motifs is 1. The molecule has 3 rings (SSSR count). The fourth-order valence-electron chi connectivity index (χ4n) is 3.66. The number of nitrogens with zero attached hydrogens (tertiary/aromatic N) is 3. The normalized spacial score (nSPS) is 25.0. The quantitative estimate of drug-likeness (QED) is 0.629. The second-order valence-electron chi connectivity index (χ2n) is 6.36. The molecule has 2 saturated heterocycles. The average Bonchev–Trinajstić information content (AvgIpc) is 2.90.